The highest BCUT2D eigenvalue weighted by Gasteiger charge is 2.20. The highest BCUT2D eigenvalue weighted by molar-refractivity contribution is 7.89. The molecule has 0 aliphatic heterocycles. The Morgan fingerprint density at radius 2 is 2.20 bits per heavy atom. The van der Waals surface area contributed by atoms with Gasteiger partial charge >= 0.3 is 0 Å². The smallest absolute Gasteiger partial charge is 0.258 e. The van der Waals surface area contributed by atoms with Crippen molar-refractivity contribution < 1.29 is 12.8 Å². The fourth-order valence-electron chi connectivity index (χ4n) is 1.62. The molecule has 0 amide bonds. The predicted molar refractivity (Wildman–Crippen MR) is 73.3 cm³/mol. The van der Waals surface area contributed by atoms with Crippen LogP contribution < -0.4 is 10.0 Å². The van der Waals surface area contributed by atoms with E-state index in [1.807, 2.05) is 13.8 Å². The first-order valence-corrected chi connectivity index (χ1v) is 7.73. The first kappa shape index (κ1) is 14.8. The van der Waals surface area contributed by atoms with E-state index in [2.05, 4.69) is 20.2 Å². The van der Waals surface area contributed by atoms with Crippen LogP contribution in [0, 0.1) is 0 Å². The lowest BCUT2D eigenvalue weighted by Crippen LogP contribution is -2.27. The van der Waals surface area contributed by atoms with Crippen LogP contribution in [0.4, 0.5) is 0 Å². The van der Waals surface area contributed by atoms with Crippen LogP contribution in [0.3, 0.4) is 0 Å². The number of sulfonamides is 1. The Morgan fingerprint density at radius 1 is 1.40 bits per heavy atom. The number of rotatable bonds is 7. The molecule has 2 aromatic heterocycles. The van der Waals surface area contributed by atoms with Crippen LogP contribution in [0.5, 0.6) is 0 Å². The third kappa shape index (κ3) is 3.69. The number of furan rings is 1. The monoisotopic (exact) mass is 298 g/mol. The first-order valence-electron chi connectivity index (χ1n) is 6.25. The van der Waals surface area contributed by atoms with E-state index in [1.54, 1.807) is 6.07 Å². The standard InChI is InChI=1S/C12H18N4O3S/c1-9(2)13-6-11-7-14-16-12(11)20(17,18)15-5-10-3-4-19-8-10/h3-4,7-9,13,15H,5-6H2,1-2H3,(H,14,16). The fraction of sp³-hybridized carbons (Fsp3) is 0.417. The summed E-state index contributed by atoms with van der Waals surface area (Å²) in [5, 5.41) is 9.60. The van der Waals surface area contributed by atoms with Crippen LogP contribution in [0.15, 0.2) is 34.2 Å². The van der Waals surface area contributed by atoms with Crippen LogP contribution in [-0.4, -0.2) is 24.7 Å². The SMILES string of the molecule is CC(C)NCc1cn[nH]c1S(=O)(=O)NCc1ccoc1. The molecule has 0 aliphatic carbocycles. The molecule has 0 spiro atoms. The molecule has 110 valence electrons. The topological polar surface area (TPSA) is 100 Å². The molecule has 2 rings (SSSR count). The van der Waals surface area contributed by atoms with Crippen molar-refractivity contribution in [1.29, 1.82) is 0 Å². The van der Waals surface area contributed by atoms with Gasteiger partial charge in [-0.25, -0.2) is 13.1 Å². The summed E-state index contributed by atoms with van der Waals surface area (Å²) in [6.07, 6.45) is 4.51. The van der Waals surface area contributed by atoms with Gasteiger partial charge < -0.3 is 9.73 Å². The second-order valence-electron chi connectivity index (χ2n) is 4.72. The summed E-state index contributed by atoms with van der Waals surface area (Å²) >= 11 is 0. The molecule has 0 unspecified atom stereocenters. The molecule has 0 saturated carbocycles. The number of hydrogen-bond acceptors (Lipinski definition) is 5. The summed E-state index contributed by atoms with van der Waals surface area (Å²) in [6, 6.07) is 1.97. The van der Waals surface area contributed by atoms with Crippen LogP contribution in [-0.2, 0) is 23.1 Å². The molecule has 3 N–H and O–H groups in total. The number of nitrogens with one attached hydrogen (secondary N) is 3. The molecule has 0 fully saturated rings. The molecule has 0 radical (unpaired) electrons. The Bertz CT molecular complexity index is 631. The third-order valence-electron chi connectivity index (χ3n) is 2.69. The van der Waals surface area contributed by atoms with Crippen LogP contribution in [0.25, 0.3) is 0 Å². The largest absolute Gasteiger partial charge is 0.472 e. The second-order valence-corrected chi connectivity index (χ2v) is 6.42. The van der Waals surface area contributed by atoms with E-state index < -0.39 is 10.0 Å². The molecular weight excluding hydrogens is 280 g/mol. The van der Waals surface area contributed by atoms with Crippen LogP contribution >= 0.6 is 0 Å². The highest BCUT2D eigenvalue weighted by atomic mass is 32.2. The molecular formula is C12H18N4O3S. The zero-order valence-electron chi connectivity index (χ0n) is 11.4. The average Bonchev–Trinajstić information content (AvgIpc) is 3.05. The van der Waals surface area contributed by atoms with Crippen molar-refractivity contribution >= 4 is 10.0 Å². The quantitative estimate of drug-likeness (QED) is 0.707. The normalized spacial score (nSPS) is 12.2. The summed E-state index contributed by atoms with van der Waals surface area (Å²) < 4.78 is 31.8. The van der Waals surface area contributed by atoms with Gasteiger partial charge in [0.05, 0.1) is 18.7 Å². The van der Waals surface area contributed by atoms with Crippen molar-refractivity contribution in [3.63, 3.8) is 0 Å². The van der Waals surface area contributed by atoms with E-state index in [-0.39, 0.29) is 17.6 Å². The number of H-pyrrole nitrogens is 1. The lowest BCUT2D eigenvalue weighted by Gasteiger charge is -2.09. The Balaban J connectivity index is 2.07. The van der Waals surface area contributed by atoms with Crippen molar-refractivity contribution in [3.05, 3.63) is 35.9 Å². The first-order chi connectivity index (χ1) is 9.49. The number of aromatic nitrogens is 2. The number of hydrogen-bond donors (Lipinski definition) is 3. The van der Waals surface area contributed by atoms with Crippen LogP contribution in [0.1, 0.15) is 25.0 Å². The average molecular weight is 298 g/mol. The van der Waals surface area contributed by atoms with Gasteiger partial charge in [0, 0.05) is 30.3 Å². The lowest BCUT2D eigenvalue weighted by atomic mass is 10.3. The Kier molecular flexibility index (Phi) is 4.58. The second kappa shape index (κ2) is 6.21. The van der Waals surface area contributed by atoms with Gasteiger partial charge in [-0.15, -0.1) is 0 Å². The van der Waals surface area contributed by atoms with E-state index in [4.69, 9.17) is 4.42 Å². The van der Waals surface area contributed by atoms with Gasteiger partial charge in [-0.1, -0.05) is 13.8 Å². The highest BCUT2D eigenvalue weighted by Crippen LogP contribution is 2.12. The summed E-state index contributed by atoms with van der Waals surface area (Å²) in [7, 11) is -3.62. The third-order valence-corrected chi connectivity index (χ3v) is 4.11. The Labute approximate surface area is 117 Å². The van der Waals surface area contributed by atoms with Gasteiger partial charge in [0.15, 0.2) is 5.03 Å². The van der Waals surface area contributed by atoms with Crippen molar-refractivity contribution in [1.82, 2.24) is 20.2 Å². The van der Waals surface area contributed by atoms with E-state index in [1.165, 1.54) is 18.7 Å². The maximum absolute atomic E-state index is 12.2. The predicted octanol–water partition coefficient (Wildman–Crippen LogP) is 0.979. The molecule has 20 heavy (non-hydrogen) atoms. The van der Waals surface area contributed by atoms with E-state index in [0.717, 1.165) is 5.56 Å². The zero-order chi connectivity index (χ0) is 14.6. The van der Waals surface area contributed by atoms with Crippen molar-refractivity contribution in [2.45, 2.75) is 38.0 Å². The van der Waals surface area contributed by atoms with Crippen molar-refractivity contribution in [3.8, 4) is 0 Å². The summed E-state index contributed by atoms with van der Waals surface area (Å²) in [6.45, 7) is 4.60. The molecule has 0 atom stereocenters. The molecule has 0 aliphatic rings. The van der Waals surface area contributed by atoms with Gasteiger partial charge in [0.1, 0.15) is 0 Å². The minimum atomic E-state index is -3.62. The Hall–Kier alpha value is -1.64. The fourth-order valence-corrected chi connectivity index (χ4v) is 2.76. The maximum Gasteiger partial charge on any atom is 0.258 e. The number of nitrogens with zero attached hydrogens (tertiary/aromatic N) is 1. The summed E-state index contributed by atoms with van der Waals surface area (Å²) in [5.41, 5.74) is 1.37. The van der Waals surface area contributed by atoms with E-state index >= 15 is 0 Å². The Morgan fingerprint density at radius 3 is 2.85 bits per heavy atom. The molecule has 8 heteroatoms. The number of aromatic amines is 1. The lowest BCUT2D eigenvalue weighted by molar-refractivity contribution is 0.558. The van der Waals surface area contributed by atoms with Gasteiger partial charge in [0.2, 0.25) is 0 Å². The molecule has 0 aromatic carbocycles. The van der Waals surface area contributed by atoms with Crippen molar-refractivity contribution in [2.24, 2.45) is 0 Å². The molecule has 0 saturated heterocycles. The summed E-state index contributed by atoms with van der Waals surface area (Å²) in [5.74, 6) is 0. The molecule has 2 aromatic rings. The molecule has 7 nitrogen and oxygen atoms in total. The van der Waals surface area contributed by atoms with E-state index in [0.29, 0.717) is 12.1 Å². The molecule has 2 heterocycles. The van der Waals surface area contributed by atoms with Crippen LogP contribution in [0.2, 0.25) is 0 Å². The maximum atomic E-state index is 12.2. The van der Waals surface area contributed by atoms with Gasteiger partial charge in [-0.05, 0) is 6.07 Å². The van der Waals surface area contributed by atoms with Crippen molar-refractivity contribution in [2.75, 3.05) is 0 Å². The van der Waals surface area contributed by atoms with Gasteiger partial charge in [-0.3, -0.25) is 5.10 Å². The molecule has 0 bridgehead atoms. The van der Waals surface area contributed by atoms with Gasteiger partial charge in [0.25, 0.3) is 10.0 Å². The van der Waals surface area contributed by atoms with E-state index in [9.17, 15) is 8.42 Å². The summed E-state index contributed by atoms with van der Waals surface area (Å²) in [4.78, 5) is 0. The van der Waals surface area contributed by atoms with Gasteiger partial charge in [-0.2, -0.15) is 5.10 Å². The minimum absolute atomic E-state index is 0.0918. The zero-order valence-corrected chi connectivity index (χ0v) is 12.2. The minimum Gasteiger partial charge on any atom is -0.472 e.